The number of thiazole rings is 1. The van der Waals surface area contributed by atoms with Crippen LogP contribution < -0.4 is 4.90 Å². The highest BCUT2D eigenvalue weighted by molar-refractivity contribution is 7.90. The highest BCUT2D eigenvalue weighted by atomic mass is 35.5. The molecular weight excluding hydrogens is 442 g/mol. The van der Waals surface area contributed by atoms with E-state index in [0.29, 0.717) is 23.8 Å². The first-order valence-corrected chi connectivity index (χ1v) is 12.2. The van der Waals surface area contributed by atoms with Gasteiger partial charge in [0.25, 0.3) is 5.91 Å². The van der Waals surface area contributed by atoms with E-state index in [9.17, 15) is 13.2 Å². The Bertz CT molecular complexity index is 1080. The molecule has 0 aliphatic carbocycles. The lowest BCUT2D eigenvalue weighted by atomic mass is 10.2. The summed E-state index contributed by atoms with van der Waals surface area (Å²) in [6, 6.07) is 14.0. The summed E-state index contributed by atoms with van der Waals surface area (Å²) in [6.07, 6.45) is 1.14. The molecule has 0 N–H and O–H groups in total. The van der Waals surface area contributed by atoms with Crippen LogP contribution >= 0.6 is 23.7 Å². The number of aromatic nitrogens is 1. The maximum Gasteiger partial charge on any atom is 0.260 e. The zero-order valence-corrected chi connectivity index (χ0v) is 19.7. The molecule has 1 heterocycles. The number of amides is 1. The van der Waals surface area contributed by atoms with Crippen LogP contribution in [0.25, 0.3) is 10.2 Å². The highest BCUT2D eigenvalue weighted by Gasteiger charge is 2.23. The van der Waals surface area contributed by atoms with Crippen molar-refractivity contribution in [3.05, 3.63) is 54.1 Å². The van der Waals surface area contributed by atoms with E-state index in [1.54, 1.807) is 17.0 Å². The molecule has 0 spiro atoms. The van der Waals surface area contributed by atoms with Crippen LogP contribution in [-0.4, -0.2) is 56.6 Å². The topological polar surface area (TPSA) is 70.6 Å². The molecule has 3 rings (SSSR count). The fourth-order valence-corrected chi connectivity index (χ4v) is 4.71. The van der Waals surface area contributed by atoms with E-state index in [0.717, 1.165) is 29.6 Å². The quantitative estimate of drug-likeness (QED) is 0.498. The number of carbonyl (C=O) groups excluding carboxylic acids is 1. The number of fused-ring (bicyclic) bond motifs is 1. The van der Waals surface area contributed by atoms with Crippen molar-refractivity contribution in [2.24, 2.45) is 0 Å². The molecule has 0 saturated heterocycles. The van der Waals surface area contributed by atoms with Crippen LogP contribution in [0.15, 0.2) is 53.4 Å². The molecule has 1 aromatic heterocycles. The van der Waals surface area contributed by atoms with Crippen LogP contribution in [0, 0.1) is 0 Å². The summed E-state index contributed by atoms with van der Waals surface area (Å²) in [5.74, 6) is -0.248. The summed E-state index contributed by atoms with van der Waals surface area (Å²) in [6.45, 7) is 7.14. The number of rotatable bonds is 8. The van der Waals surface area contributed by atoms with Crippen molar-refractivity contribution in [3.8, 4) is 0 Å². The summed E-state index contributed by atoms with van der Waals surface area (Å²) in [5.41, 5.74) is 1.18. The second kappa shape index (κ2) is 10.3. The predicted molar refractivity (Wildman–Crippen MR) is 126 cm³/mol. The van der Waals surface area contributed by atoms with Gasteiger partial charge in [0.2, 0.25) is 0 Å². The number of hydrogen-bond acceptors (Lipinski definition) is 6. The fourth-order valence-electron chi connectivity index (χ4n) is 3.06. The largest absolute Gasteiger partial charge is 0.302 e. The normalized spacial score (nSPS) is 11.5. The zero-order chi connectivity index (χ0) is 21.0. The Morgan fingerprint density at radius 2 is 1.73 bits per heavy atom. The van der Waals surface area contributed by atoms with Gasteiger partial charge < -0.3 is 4.90 Å². The summed E-state index contributed by atoms with van der Waals surface area (Å²) in [4.78, 5) is 22.0. The van der Waals surface area contributed by atoms with Gasteiger partial charge in [0.05, 0.1) is 15.1 Å². The van der Waals surface area contributed by atoms with Crippen molar-refractivity contribution in [1.82, 2.24) is 9.88 Å². The van der Waals surface area contributed by atoms with Crippen molar-refractivity contribution in [3.63, 3.8) is 0 Å². The van der Waals surface area contributed by atoms with Gasteiger partial charge in [-0.3, -0.25) is 9.69 Å². The SMILES string of the molecule is CCN(CC)CCN(C(=O)c1cccc(S(C)(=O)=O)c1)c1nc2ccccc2s1.Cl. The van der Waals surface area contributed by atoms with E-state index in [1.165, 1.54) is 23.5 Å². The van der Waals surface area contributed by atoms with E-state index in [-0.39, 0.29) is 23.2 Å². The summed E-state index contributed by atoms with van der Waals surface area (Å²) in [5, 5.41) is 0.619. The molecule has 162 valence electrons. The van der Waals surface area contributed by atoms with E-state index in [4.69, 9.17) is 0 Å². The average molecular weight is 468 g/mol. The van der Waals surface area contributed by atoms with Crippen LogP contribution in [0.2, 0.25) is 0 Å². The Morgan fingerprint density at radius 1 is 1.03 bits per heavy atom. The second-order valence-corrected chi connectivity index (χ2v) is 9.77. The van der Waals surface area contributed by atoms with Crippen LogP contribution in [0.1, 0.15) is 24.2 Å². The Morgan fingerprint density at radius 3 is 2.37 bits per heavy atom. The second-order valence-electron chi connectivity index (χ2n) is 6.75. The Labute approximate surface area is 187 Å². The lowest BCUT2D eigenvalue weighted by Crippen LogP contribution is -2.38. The first-order chi connectivity index (χ1) is 13.8. The molecule has 9 heteroatoms. The first-order valence-electron chi connectivity index (χ1n) is 9.53. The summed E-state index contributed by atoms with van der Waals surface area (Å²) >= 11 is 1.46. The maximum absolute atomic E-state index is 13.4. The van der Waals surface area contributed by atoms with Gasteiger partial charge in [-0.1, -0.05) is 43.4 Å². The summed E-state index contributed by atoms with van der Waals surface area (Å²) in [7, 11) is -3.40. The minimum absolute atomic E-state index is 0. The van der Waals surface area contributed by atoms with Gasteiger partial charge >= 0.3 is 0 Å². The number of anilines is 1. The molecule has 0 unspecified atom stereocenters. The number of halogens is 1. The average Bonchev–Trinajstić information content (AvgIpc) is 3.14. The molecule has 0 aliphatic heterocycles. The Kier molecular flexibility index (Phi) is 8.37. The molecule has 0 saturated carbocycles. The van der Waals surface area contributed by atoms with Crippen LogP contribution in [-0.2, 0) is 9.84 Å². The lowest BCUT2D eigenvalue weighted by molar-refractivity contribution is 0.0983. The number of carbonyl (C=O) groups is 1. The van der Waals surface area contributed by atoms with Gasteiger partial charge in [0, 0.05) is 24.9 Å². The van der Waals surface area contributed by atoms with Crippen LogP contribution in [0.5, 0.6) is 0 Å². The van der Waals surface area contributed by atoms with E-state index in [1.807, 2.05) is 24.3 Å². The molecule has 0 bridgehead atoms. The van der Waals surface area contributed by atoms with Crippen LogP contribution in [0.4, 0.5) is 5.13 Å². The van der Waals surface area contributed by atoms with E-state index in [2.05, 4.69) is 23.7 Å². The van der Waals surface area contributed by atoms with E-state index >= 15 is 0 Å². The standard InChI is InChI=1S/C21H25N3O3S2.ClH/c1-4-23(5-2)13-14-24(21-22-18-11-6-7-12-19(18)28-21)20(25)16-9-8-10-17(15-16)29(3,26)27;/h6-12,15H,4-5,13-14H2,1-3H3;1H. The van der Waals surface area contributed by atoms with Crippen molar-refractivity contribution >= 4 is 54.8 Å². The third-order valence-electron chi connectivity index (χ3n) is 4.80. The van der Waals surface area contributed by atoms with Crippen molar-refractivity contribution in [1.29, 1.82) is 0 Å². The maximum atomic E-state index is 13.4. The van der Waals surface area contributed by atoms with Crippen LogP contribution in [0.3, 0.4) is 0 Å². The van der Waals surface area contributed by atoms with Gasteiger partial charge in [-0.05, 0) is 43.4 Å². The fraction of sp³-hybridized carbons (Fsp3) is 0.333. The Hall–Kier alpha value is -2.00. The third kappa shape index (κ3) is 5.57. The number of para-hydroxylation sites is 1. The Balaban J connectivity index is 0.00000320. The highest BCUT2D eigenvalue weighted by Crippen LogP contribution is 2.29. The number of likely N-dealkylation sites (N-methyl/N-ethyl adjacent to an activating group) is 1. The van der Waals surface area contributed by atoms with Gasteiger partial charge in [-0.2, -0.15) is 0 Å². The van der Waals surface area contributed by atoms with Crippen molar-refractivity contribution in [2.75, 3.05) is 37.3 Å². The van der Waals surface area contributed by atoms with Crippen molar-refractivity contribution in [2.45, 2.75) is 18.7 Å². The minimum Gasteiger partial charge on any atom is -0.302 e. The molecule has 2 aromatic carbocycles. The van der Waals surface area contributed by atoms with Gasteiger partial charge in [-0.15, -0.1) is 12.4 Å². The monoisotopic (exact) mass is 467 g/mol. The number of sulfone groups is 1. The molecular formula is C21H26ClN3O3S2. The van der Waals surface area contributed by atoms with Gasteiger partial charge in [0.1, 0.15) is 0 Å². The number of benzene rings is 2. The molecule has 0 atom stereocenters. The molecule has 6 nitrogen and oxygen atoms in total. The zero-order valence-electron chi connectivity index (χ0n) is 17.2. The van der Waals surface area contributed by atoms with Gasteiger partial charge in [-0.25, -0.2) is 13.4 Å². The number of nitrogens with zero attached hydrogens (tertiary/aromatic N) is 3. The molecule has 0 aliphatic rings. The predicted octanol–water partition coefficient (Wildman–Crippen LogP) is 4.11. The first kappa shape index (κ1) is 24.3. The van der Waals surface area contributed by atoms with Gasteiger partial charge in [0.15, 0.2) is 15.0 Å². The lowest BCUT2D eigenvalue weighted by Gasteiger charge is -2.24. The van der Waals surface area contributed by atoms with E-state index < -0.39 is 9.84 Å². The molecule has 0 radical (unpaired) electrons. The molecule has 0 fully saturated rings. The number of hydrogen-bond donors (Lipinski definition) is 0. The smallest absolute Gasteiger partial charge is 0.260 e. The molecule has 30 heavy (non-hydrogen) atoms. The van der Waals surface area contributed by atoms with Crippen molar-refractivity contribution < 1.29 is 13.2 Å². The molecule has 3 aromatic rings. The molecule has 1 amide bonds. The third-order valence-corrected chi connectivity index (χ3v) is 6.97. The summed E-state index contributed by atoms with van der Waals surface area (Å²) < 4.78 is 24.8. The minimum atomic E-state index is -3.40.